The molecule has 8 heteroatoms. The molecule has 2 aromatic rings. The number of pyridine rings is 1. The van der Waals surface area contributed by atoms with Crippen LogP contribution in [0.2, 0.25) is 0 Å². The highest BCUT2D eigenvalue weighted by atomic mass is 16.3. The van der Waals surface area contributed by atoms with Gasteiger partial charge in [-0.1, -0.05) is 0 Å². The van der Waals surface area contributed by atoms with E-state index in [0.717, 1.165) is 44.2 Å². The number of anilines is 3. The molecular weight excluding hydrogens is 366 g/mol. The van der Waals surface area contributed by atoms with Crippen LogP contribution >= 0.6 is 0 Å². The van der Waals surface area contributed by atoms with Crippen LogP contribution in [0.1, 0.15) is 13.3 Å². The van der Waals surface area contributed by atoms with Gasteiger partial charge >= 0.3 is 0 Å². The van der Waals surface area contributed by atoms with Crippen LogP contribution in [0.5, 0.6) is 0 Å². The second kappa shape index (κ2) is 8.51. The summed E-state index contributed by atoms with van der Waals surface area (Å²) in [6, 6.07) is 6.81. The minimum Gasteiger partial charge on any atom is -0.391 e. The summed E-state index contributed by atoms with van der Waals surface area (Å²) < 4.78 is 0. The molecule has 0 aromatic carbocycles. The molecule has 0 bridgehead atoms. The van der Waals surface area contributed by atoms with E-state index in [1.165, 1.54) is 5.69 Å². The molecule has 2 fully saturated rings. The van der Waals surface area contributed by atoms with Crippen molar-refractivity contribution in [1.82, 2.24) is 19.9 Å². The van der Waals surface area contributed by atoms with Gasteiger partial charge in [0.25, 0.3) is 0 Å². The monoisotopic (exact) mass is 397 g/mol. The lowest BCUT2D eigenvalue weighted by molar-refractivity contribution is 0.191. The Kier molecular flexibility index (Phi) is 5.82. The van der Waals surface area contributed by atoms with E-state index < -0.39 is 0 Å². The number of piperazine rings is 1. The summed E-state index contributed by atoms with van der Waals surface area (Å²) in [4.78, 5) is 22.4. The van der Waals surface area contributed by atoms with E-state index in [0.29, 0.717) is 12.6 Å². The quantitative estimate of drug-likeness (QED) is 0.804. The van der Waals surface area contributed by atoms with E-state index in [9.17, 15) is 5.11 Å². The van der Waals surface area contributed by atoms with E-state index in [1.807, 2.05) is 12.4 Å². The van der Waals surface area contributed by atoms with Crippen LogP contribution in [0.25, 0.3) is 0 Å². The van der Waals surface area contributed by atoms with Gasteiger partial charge in [-0.15, -0.1) is 0 Å². The summed E-state index contributed by atoms with van der Waals surface area (Å²) in [5.74, 6) is 1.86. The predicted octanol–water partition coefficient (Wildman–Crippen LogP) is 1.09. The van der Waals surface area contributed by atoms with Crippen LogP contribution in [-0.4, -0.2) is 90.0 Å². The second-order valence-corrected chi connectivity index (χ2v) is 8.39. The van der Waals surface area contributed by atoms with E-state index >= 15 is 0 Å². The first-order valence-electron chi connectivity index (χ1n) is 10.3. The van der Waals surface area contributed by atoms with Crippen LogP contribution in [0.3, 0.4) is 0 Å². The summed E-state index contributed by atoms with van der Waals surface area (Å²) in [6.07, 6.45) is 5.82. The first kappa shape index (κ1) is 19.8. The number of rotatable bonds is 5. The smallest absolute Gasteiger partial charge is 0.134 e. The molecule has 2 saturated heterocycles. The number of aliphatic hydroxyl groups is 1. The number of hydrogen-bond donors (Lipinski definition) is 1. The fraction of sp³-hybridized carbons (Fsp3) is 0.571. The highest BCUT2D eigenvalue weighted by Gasteiger charge is 2.33. The Morgan fingerprint density at radius 3 is 2.48 bits per heavy atom. The number of nitrogens with zero attached hydrogens (tertiary/aromatic N) is 7. The van der Waals surface area contributed by atoms with Crippen molar-refractivity contribution in [3.8, 4) is 0 Å². The molecule has 156 valence electrons. The molecule has 4 rings (SSSR count). The topological polar surface area (TPSA) is 71.9 Å². The van der Waals surface area contributed by atoms with Gasteiger partial charge in [-0.3, -0.25) is 4.98 Å². The van der Waals surface area contributed by atoms with Gasteiger partial charge in [-0.05, 0) is 39.6 Å². The minimum absolute atomic E-state index is 0.267. The molecule has 1 unspecified atom stereocenters. The molecular formula is C21H31N7O. The maximum Gasteiger partial charge on any atom is 0.134 e. The van der Waals surface area contributed by atoms with E-state index in [2.05, 4.69) is 73.8 Å². The highest BCUT2D eigenvalue weighted by molar-refractivity contribution is 5.54. The number of likely N-dealkylation sites (N-methyl/N-ethyl adjacent to an activating group) is 1. The van der Waals surface area contributed by atoms with Crippen LogP contribution in [-0.2, 0) is 0 Å². The first-order chi connectivity index (χ1) is 14.0. The molecule has 2 aliphatic rings. The molecule has 0 amide bonds. The number of aromatic nitrogens is 3. The third-order valence-electron chi connectivity index (χ3n) is 5.85. The molecule has 0 spiro atoms. The molecule has 2 aromatic heterocycles. The minimum atomic E-state index is -0.304. The van der Waals surface area contributed by atoms with Crippen LogP contribution in [0.15, 0.2) is 36.9 Å². The average molecular weight is 398 g/mol. The van der Waals surface area contributed by atoms with Crippen molar-refractivity contribution in [3.05, 3.63) is 36.9 Å². The van der Waals surface area contributed by atoms with Gasteiger partial charge < -0.3 is 24.7 Å². The Bertz CT molecular complexity index is 803. The molecule has 1 N–H and O–H groups in total. The molecule has 0 saturated carbocycles. The molecule has 0 radical (unpaired) electrons. The van der Waals surface area contributed by atoms with Gasteiger partial charge in [-0.25, -0.2) is 9.97 Å². The van der Waals surface area contributed by atoms with Gasteiger partial charge in [0.1, 0.15) is 18.0 Å². The van der Waals surface area contributed by atoms with E-state index in [-0.39, 0.29) is 12.1 Å². The molecule has 4 heterocycles. The Hall–Kier alpha value is -2.45. The predicted molar refractivity (Wildman–Crippen MR) is 116 cm³/mol. The normalized spacial score (nSPS) is 25.1. The SMILES string of the molecule is CC1CN(c2ccncc2)CCN1c1cc(N2C[C@H](O)C[C@@H]2CN(C)C)ncn1. The molecule has 29 heavy (non-hydrogen) atoms. The van der Waals surface area contributed by atoms with Crippen LogP contribution in [0, 0.1) is 0 Å². The standard InChI is InChI=1S/C21H31N7O/c1-16-12-26(17-4-6-22-7-5-17)8-9-27(16)20-11-21(24-15-23-20)28-14-19(29)10-18(28)13-25(2)3/h4-7,11,15-16,18-19,29H,8-10,12-14H2,1-3H3/t16?,18-,19-/m1/s1. The van der Waals surface area contributed by atoms with Gasteiger partial charge in [0.15, 0.2) is 0 Å². The molecule has 0 aliphatic carbocycles. The van der Waals surface area contributed by atoms with E-state index in [1.54, 1.807) is 6.33 Å². The van der Waals surface area contributed by atoms with Crippen molar-refractivity contribution in [1.29, 1.82) is 0 Å². The van der Waals surface area contributed by atoms with Crippen molar-refractivity contribution < 1.29 is 5.11 Å². The van der Waals surface area contributed by atoms with Gasteiger partial charge in [0.05, 0.1) is 6.10 Å². The maximum absolute atomic E-state index is 10.2. The van der Waals surface area contributed by atoms with E-state index in [4.69, 9.17) is 0 Å². The van der Waals surface area contributed by atoms with Crippen LogP contribution in [0.4, 0.5) is 17.3 Å². The summed E-state index contributed by atoms with van der Waals surface area (Å²) >= 11 is 0. The fourth-order valence-electron chi connectivity index (χ4n) is 4.51. The fourth-order valence-corrected chi connectivity index (χ4v) is 4.51. The first-order valence-corrected chi connectivity index (χ1v) is 10.3. The Balaban J connectivity index is 1.49. The highest BCUT2D eigenvalue weighted by Crippen LogP contribution is 2.28. The zero-order chi connectivity index (χ0) is 20.4. The lowest BCUT2D eigenvalue weighted by atomic mass is 10.1. The Morgan fingerprint density at radius 1 is 1.07 bits per heavy atom. The van der Waals surface area contributed by atoms with Crippen molar-refractivity contribution in [2.24, 2.45) is 0 Å². The third-order valence-corrected chi connectivity index (χ3v) is 5.85. The average Bonchev–Trinajstić information content (AvgIpc) is 3.08. The Labute approximate surface area is 172 Å². The summed E-state index contributed by atoms with van der Waals surface area (Å²) in [5, 5.41) is 10.2. The number of aliphatic hydroxyl groups excluding tert-OH is 1. The van der Waals surface area contributed by atoms with Gasteiger partial charge in [-0.2, -0.15) is 0 Å². The lowest BCUT2D eigenvalue weighted by Crippen LogP contribution is -2.52. The third kappa shape index (κ3) is 4.43. The van der Waals surface area contributed by atoms with Gasteiger partial charge in [0, 0.05) is 69.0 Å². The summed E-state index contributed by atoms with van der Waals surface area (Å²) in [5.41, 5.74) is 1.22. The summed E-state index contributed by atoms with van der Waals surface area (Å²) in [7, 11) is 4.14. The van der Waals surface area contributed by atoms with Crippen molar-refractivity contribution in [2.45, 2.75) is 31.5 Å². The molecule has 2 aliphatic heterocycles. The maximum atomic E-state index is 10.2. The van der Waals surface area contributed by atoms with Gasteiger partial charge in [0.2, 0.25) is 0 Å². The second-order valence-electron chi connectivity index (χ2n) is 8.39. The molecule has 3 atom stereocenters. The van der Waals surface area contributed by atoms with Crippen molar-refractivity contribution >= 4 is 17.3 Å². The zero-order valence-corrected chi connectivity index (χ0v) is 17.5. The zero-order valence-electron chi connectivity index (χ0n) is 17.5. The van der Waals surface area contributed by atoms with Crippen molar-refractivity contribution in [3.63, 3.8) is 0 Å². The Morgan fingerprint density at radius 2 is 1.79 bits per heavy atom. The molecule has 8 nitrogen and oxygen atoms in total. The van der Waals surface area contributed by atoms with Crippen LogP contribution < -0.4 is 14.7 Å². The summed E-state index contributed by atoms with van der Waals surface area (Å²) in [6.45, 7) is 6.55. The number of β-amino-alcohol motifs (C(OH)–C–C–N with tert-alkyl or cyclic N) is 1. The van der Waals surface area contributed by atoms with Crippen molar-refractivity contribution in [2.75, 3.05) is 61.5 Å². The lowest BCUT2D eigenvalue weighted by Gasteiger charge is -2.41. The largest absolute Gasteiger partial charge is 0.391 e. The number of hydrogen-bond acceptors (Lipinski definition) is 8.